The molecule has 0 bridgehead atoms. The number of amides is 1. The summed E-state index contributed by atoms with van der Waals surface area (Å²) in [5.41, 5.74) is 5.67. The summed E-state index contributed by atoms with van der Waals surface area (Å²) in [7, 11) is 0. The van der Waals surface area contributed by atoms with E-state index in [0.29, 0.717) is 42.4 Å². The Morgan fingerprint density at radius 1 is 1.23 bits per heavy atom. The largest absolute Gasteiger partial charge is 0.477 e. The van der Waals surface area contributed by atoms with Gasteiger partial charge in [-0.2, -0.15) is 0 Å². The van der Waals surface area contributed by atoms with E-state index in [1.165, 1.54) is 10.8 Å². The lowest BCUT2D eigenvalue weighted by molar-refractivity contribution is -0.00891. The van der Waals surface area contributed by atoms with Gasteiger partial charge in [-0.3, -0.25) is 4.79 Å². The fourth-order valence-corrected chi connectivity index (χ4v) is 8.11. The van der Waals surface area contributed by atoms with E-state index in [9.17, 15) is 23.9 Å². The molecule has 47 heavy (non-hydrogen) atoms. The predicted molar refractivity (Wildman–Crippen MR) is 173 cm³/mol. The Morgan fingerprint density at radius 3 is 2.64 bits per heavy atom. The van der Waals surface area contributed by atoms with E-state index < -0.39 is 40.6 Å². The first-order valence-corrected chi connectivity index (χ1v) is 16.7. The Balaban J connectivity index is 0.000000193. The smallest absolute Gasteiger partial charge is 0.408 e. The SMILES string of the molecule is CC(C)(C)OC(=O)N[C@]12CNC[C@H]1CCOC2.Cc1c(N2C[C@H]3CCCC[C@@]3(N)C2)c(F)cc2c(=O)c(C(=O)O)cn([C@@H]3C[C@@H]3F)c12. The molecule has 11 nitrogen and oxygen atoms in total. The second kappa shape index (κ2) is 12.3. The number of aromatic nitrogens is 1. The number of alkyl carbamates (subject to hydrolysis) is 1. The molecule has 0 spiro atoms. The maximum absolute atomic E-state index is 15.3. The van der Waals surface area contributed by atoms with Crippen LogP contribution in [-0.4, -0.2) is 84.0 Å². The van der Waals surface area contributed by atoms with Crippen LogP contribution < -0.4 is 26.7 Å². The molecule has 6 atom stereocenters. The van der Waals surface area contributed by atoms with Crippen molar-refractivity contribution < 1.29 is 33.0 Å². The molecule has 1 aromatic carbocycles. The summed E-state index contributed by atoms with van der Waals surface area (Å²) < 4.78 is 41.6. The van der Waals surface area contributed by atoms with Gasteiger partial charge in [-0.1, -0.05) is 12.8 Å². The number of fused-ring (bicyclic) bond motifs is 3. The highest BCUT2D eigenvalue weighted by atomic mass is 19.1. The maximum atomic E-state index is 15.3. The summed E-state index contributed by atoms with van der Waals surface area (Å²) >= 11 is 0. The fourth-order valence-electron chi connectivity index (χ4n) is 8.11. The van der Waals surface area contributed by atoms with Crippen LogP contribution in [0.25, 0.3) is 10.9 Å². The van der Waals surface area contributed by atoms with E-state index in [1.54, 1.807) is 6.92 Å². The molecule has 2 aliphatic carbocycles. The van der Waals surface area contributed by atoms with Crippen LogP contribution in [0.3, 0.4) is 0 Å². The number of hydrogen-bond acceptors (Lipinski definition) is 8. The lowest BCUT2D eigenvalue weighted by atomic mass is 9.76. The minimum atomic E-state index is -1.40. The number of halogens is 2. The summed E-state index contributed by atoms with van der Waals surface area (Å²) in [6.07, 6.45) is 5.10. The fraction of sp³-hybridized carbons (Fsp3) is 0.676. The molecule has 7 rings (SSSR count). The lowest BCUT2D eigenvalue weighted by Crippen LogP contribution is -2.60. The molecule has 5 N–H and O–H groups in total. The molecule has 2 saturated carbocycles. The van der Waals surface area contributed by atoms with Gasteiger partial charge in [-0.25, -0.2) is 18.4 Å². The molecule has 3 aliphatic heterocycles. The van der Waals surface area contributed by atoms with E-state index in [1.807, 2.05) is 25.7 Å². The van der Waals surface area contributed by atoms with Gasteiger partial charge < -0.3 is 40.4 Å². The highest BCUT2D eigenvalue weighted by molar-refractivity contribution is 5.95. The minimum absolute atomic E-state index is 0.0215. The van der Waals surface area contributed by atoms with E-state index in [2.05, 4.69) is 10.6 Å². The number of aryl methyl sites for hydroxylation is 1. The van der Waals surface area contributed by atoms with Crippen molar-refractivity contribution >= 4 is 28.7 Å². The number of carboxylic acid groups (broad SMARTS) is 1. The summed E-state index contributed by atoms with van der Waals surface area (Å²) in [6.45, 7) is 11.6. The van der Waals surface area contributed by atoms with Crippen molar-refractivity contribution in [2.45, 2.75) is 95.1 Å². The molecule has 2 aromatic rings. The molecule has 1 aromatic heterocycles. The van der Waals surface area contributed by atoms with E-state index in [0.717, 1.165) is 57.9 Å². The summed E-state index contributed by atoms with van der Waals surface area (Å²) in [4.78, 5) is 38.1. The third kappa shape index (κ3) is 6.46. The number of nitrogens with zero attached hydrogens (tertiary/aromatic N) is 2. The molecule has 5 fully saturated rings. The van der Waals surface area contributed by atoms with Crippen LogP contribution >= 0.6 is 0 Å². The predicted octanol–water partition coefficient (Wildman–Crippen LogP) is 4.03. The summed E-state index contributed by atoms with van der Waals surface area (Å²) in [6, 6.07) is 0.578. The number of carbonyl (C=O) groups is 2. The standard InChI is InChI=1S/C22H25F2N3O3.C12H22N2O3/c1-11-18-13(20(28)14(21(29)30)9-27(18)17-7-15(17)23)6-16(24)19(11)26-8-12-4-2-3-5-22(12,25)10-26;1-11(2,3)17-10(15)14-12-7-13-6-9(12)4-5-16-8-12/h6,9,12,15,17H,2-5,7-8,10,25H2,1H3,(H,29,30);9,13H,4-8H2,1-3H3,(H,14,15)/t12-,15+,17-,22-;9-,12+/m11/s1. The number of anilines is 1. The number of carboxylic acids is 1. The first-order chi connectivity index (χ1) is 22.1. The van der Waals surface area contributed by atoms with Crippen LogP contribution in [0.15, 0.2) is 17.1 Å². The second-order valence-corrected chi connectivity index (χ2v) is 15.1. The molecule has 13 heteroatoms. The van der Waals surface area contributed by atoms with Gasteiger partial charge >= 0.3 is 12.1 Å². The Hall–Kier alpha value is -3.29. The van der Waals surface area contributed by atoms with Crippen LogP contribution in [-0.2, 0) is 9.47 Å². The number of nitrogens with two attached hydrogens (primary N) is 1. The van der Waals surface area contributed by atoms with Gasteiger partial charge in [0.2, 0.25) is 5.43 Å². The number of nitrogens with one attached hydrogen (secondary N) is 2. The lowest BCUT2D eigenvalue weighted by Gasteiger charge is -2.39. The molecular weight excluding hydrogens is 612 g/mol. The van der Waals surface area contributed by atoms with E-state index >= 15 is 4.39 Å². The first kappa shape index (κ1) is 33.6. The van der Waals surface area contributed by atoms with Crippen molar-refractivity contribution in [3.8, 4) is 0 Å². The van der Waals surface area contributed by atoms with Gasteiger partial charge in [0, 0.05) is 62.2 Å². The quantitative estimate of drug-likeness (QED) is 0.382. The Morgan fingerprint density at radius 2 is 1.98 bits per heavy atom. The molecule has 0 radical (unpaired) electrons. The normalized spacial score (nSPS) is 31.4. The highest BCUT2D eigenvalue weighted by Gasteiger charge is 2.48. The average molecular weight is 660 g/mol. The van der Waals surface area contributed by atoms with Crippen LogP contribution in [0.5, 0.6) is 0 Å². The molecular formula is C34H47F2N5O6. The summed E-state index contributed by atoms with van der Waals surface area (Å²) in [5.74, 6) is -1.23. The van der Waals surface area contributed by atoms with Crippen molar-refractivity contribution in [3.63, 3.8) is 0 Å². The van der Waals surface area contributed by atoms with Gasteiger partial charge in [-0.15, -0.1) is 0 Å². The zero-order valence-electron chi connectivity index (χ0n) is 27.7. The van der Waals surface area contributed by atoms with Crippen molar-refractivity contribution in [3.05, 3.63) is 39.4 Å². The molecule has 4 heterocycles. The van der Waals surface area contributed by atoms with Gasteiger partial charge in [0.15, 0.2) is 0 Å². The van der Waals surface area contributed by atoms with Crippen LogP contribution in [0.1, 0.15) is 81.3 Å². The molecule has 1 amide bonds. The van der Waals surface area contributed by atoms with Gasteiger partial charge in [0.1, 0.15) is 23.2 Å². The summed E-state index contributed by atoms with van der Waals surface area (Å²) in [5, 5.41) is 15.7. The topological polar surface area (TPSA) is 148 Å². The number of carbonyl (C=O) groups excluding carboxylic acids is 1. The number of pyridine rings is 1. The monoisotopic (exact) mass is 659 g/mol. The van der Waals surface area contributed by atoms with Crippen molar-refractivity contribution in [1.29, 1.82) is 0 Å². The number of alkyl halides is 1. The number of ether oxygens (including phenoxy) is 2. The number of benzene rings is 1. The highest BCUT2D eigenvalue weighted by Crippen LogP contribution is 2.45. The van der Waals surface area contributed by atoms with Crippen molar-refractivity contribution in [1.82, 2.24) is 15.2 Å². The van der Waals surface area contributed by atoms with Gasteiger partial charge in [-0.05, 0) is 64.5 Å². The second-order valence-electron chi connectivity index (χ2n) is 15.1. The Kier molecular flexibility index (Phi) is 8.80. The molecule has 0 unspecified atom stereocenters. The zero-order valence-corrected chi connectivity index (χ0v) is 27.7. The van der Waals surface area contributed by atoms with Crippen molar-refractivity contribution in [2.75, 3.05) is 44.3 Å². The van der Waals surface area contributed by atoms with Crippen molar-refractivity contribution in [2.24, 2.45) is 17.6 Å². The zero-order chi connectivity index (χ0) is 33.9. The molecule has 258 valence electrons. The Labute approximate surface area is 273 Å². The third-order valence-electron chi connectivity index (χ3n) is 10.6. The maximum Gasteiger partial charge on any atom is 0.408 e. The Bertz CT molecular complexity index is 1630. The average Bonchev–Trinajstić information content (AvgIpc) is 3.38. The van der Waals surface area contributed by atoms with Crippen LogP contribution in [0.4, 0.5) is 19.3 Å². The van der Waals surface area contributed by atoms with Crippen LogP contribution in [0.2, 0.25) is 0 Å². The van der Waals surface area contributed by atoms with Gasteiger partial charge in [0.05, 0.1) is 29.4 Å². The minimum Gasteiger partial charge on any atom is -0.477 e. The van der Waals surface area contributed by atoms with E-state index in [-0.39, 0.29) is 34.9 Å². The molecule has 5 aliphatic rings. The third-order valence-corrected chi connectivity index (χ3v) is 10.6. The molecule has 3 saturated heterocycles. The van der Waals surface area contributed by atoms with Gasteiger partial charge in [0.25, 0.3) is 0 Å². The first-order valence-electron chi connectivity index (χ1n) is 16.7. The number of aromatic carboxylic acids is 1. The number of rotatable bonds is 4. The number of hydrogen-bond donors (Lipinski definition) is 4. The van der Waals surface area contributed by atoms with E-state index in [4.69, 9.17) is 15.2 Å². The van der Waals surface area contributed by atoms with Crippen LogP contribution in [0, 0.1) is 24.6 Å².